The first-order valence-electron chi connectivity index (χ1n) is 6.79. The van der Waals surface area contributed by atoms with E-state index in [0.717, 1.165) is 17.0 Å². The lowest BCUT2D eigenvalue weighted by molar-refractivity contribution is -0.116. The molecular weight excluding hydrogens is 250 g/mol. The van der Waals surface area contributed by atoms with Crippen LogP contribution in [0.3, 0.4) is 0 Å². The highest BCUT2D eigenvalue weighted by molar-refractivity contribution is 5.91. The highest BCUT2D eigenvalue weighted by atomic mass is 16.5. The van der Waals surface area contributed by atoms with E-state index in [4.69, 9.17) is 4.74 Å². The fourth-order valence-electron chi connectivity index (χ4n) is 1.87. The third-order valence-corrected chi connectivity index (χ3v) is 2.98. The first-order valence-corrected chi connectivity index (χ1v) is 6.79. The number of anilines is 1. The van der Waals surface area contributed by atoms with Gasteiger partial charge in [-0.2, -0.15) is 0 Å². The third-order valence-electron chi connectivity index (χ3n) is 2.98. The number of hydrogen-bond acceptors (Lipinski definition) is 2. The zero-order valence-corrected chi connectivity index (χ0v) is 11.6. The molecule has 0 atom stereocenters. The van der Waals surface area contributed by atoms with Crippen LogP contribution >= 0.6 is 0 Å². The minimum Gasteiger partial charge on any atom is -0.494 e. The molecule has 3 nitrogen and oxygen atoms in total. The van der Waals surface area contributed by atoms with Crippen LogP contribution in [0.25, 0.3) is 0 Å². The first kappa shape index (κ1) is 14.1. The van der Waals surface area contributed by atoms with Crippen LogP contribution in [-0.2, 0) is 4.79 Å². The molecule has 0 unspecified atom stereocenters. The average Bonchev–Trinajstić information content (AvgIpc) is 2.47. The molecule has 0 aromatic heterocycles. The molecule has 0 aliphatic heterocycles. The van der Waals surface area contributed by atoms with Crippen molar-refractivity contribution >= 4 is 11.6 Å². The van der Waals surface area contributed by atoms with Gasteiger partial charge in [0.25, 0.3) is 0 Å². The average molecular weight is 269 g/mol. The fourth-order valence-corrected chi connectivity index (χ4v) is 1.87. The number of hydrogen-bond donors (Lipinski definition) is 1. The van der Waals surface area contributed by atoms with E-state index < -0.39 is 0 Å². The van der Waals surface area contributed by atoms with Gasteiger partial charge in [0, 0.05) is 12.1 Å². The Kier molecular flexibility index (Phi) is 5.18. The quantitative estimate of drug-likeness (QED) is 0.810. The van der Waals surface area contributed by atoms with Crippen molar-refractivity contribution < 1.29 is 9.53 Å². The number of rotatable bonds is 6. The number of nitrogens with one attached hydrogen (secondary N) is 1. The monoisotopic (exact) mass is 269 g/mol. The predicted molar refractivity (Wildman–Crippen MR) is 81.0 cm³/mol. The molecule has 1 amide bonds. The number of aryl methyl sites for hydroxylation is 1. The molecule has 0 fully saturated rings. The summed E-state index contributed by atoms with van der Waals surface area (Å²) in [7, 11) is 0. The zero-order chi connectivity index (χ0) is 14.2. The van der Waals surface area contributed by atoms with Gasteiger partial charge in [0.05, 0.1) is 6.61 Å². The lowest BCUT2D eigenvalue weighted by Gasteiger charge is -2.08. The van der Waals surface area contributed by atoms with Crippen LogP contribution in [0, 0.1) is 6.92 Å². The lowest BCUT2D eigenvalue weighted by Crippen LogP contribution is -2.13. The normalized spacial score (nSPS) is 10.1. The van der Waals surface area contributed by atoms with E-state index in [-0.39, 0.29) is 5.91 Å². The summed E-state index contributed by atoms with van der Waals surface area (Å²) < 4.78 is 5.55. The first-order chi connectivity index (χ1) is 9.75. The summed E-state index contributed by atoms with van der Waals surface area (Å²) in [4.78, 5) is 11.8. The van der Waals surface area contributed by atoms with Gasteiger partial charge >= 0.3 is 0 Å². The van der Waals surface area contributed by atoms with E-state index in [0.29, 0.717) is 19.4 Å². The molecular formula is C17H19NO2. The summed E-state index contributed by atoms with van der Waals surface area (Å²) in [6.45, 7) is 2.53. The van der Waals surface area contributed by atoms with Crippen molar-refractivity contribution in [1.29, 1.82) is 0 Å². The molecule has 1 N–H and O–H groups in total. The standard InChI is InChI=1S/C17H19NO2/c1-14-8-5-6-11-16(14)18-17(19)12-7-13-20-15-9-3-2-4-10-15/h2-6,8-11H,7,12-13H2,1H3,(H,18,19). The van der Waals surface area contributed by atoms with Crippen molar-refractivity contribution in [3.63, 3.8) is 0 Å². The summed E-state index contributed by atoms with van der Waals surface area (Å²) in [5, 5.41) is 2.91. The number of para-hydroxylation sites is 2. The summed E-state index contributed by atoms with van der Waals surface area (Å²) >= 11 is 0. The van der Waals surface area contributed by atoms with Gasteiger partial charge in [-0.1, -0.05) is 36.4 Å². The van der Waals surface area contributed by atoms with E-state index in [2.05, 4.69) is 5.32 Å². The number of carbonyl (C=O) groups excluding carboxylic acids is 1. The number of ether oxygens (including phenoxy) is 1. The van der Waals surface area contributed by atoms with Crippen LogP contribution in [-0.4, -0.2) is 12.5 Å². The highest BCUT2D eigenvalue weighted by Gasteiger charge is 2.04. The Hall–Kier alpha value is -2.29. The smallest absolute Gasteiger partial charge is 0.224 e. The van der Waals surface area contributed by atoms with E-state index in [1.54, 1.807) is 0 Å². The summed E-state index contributed by atoms with van der Waals surface area (Å²) in [5.74, 6) is 0.864. The zero-order valence-electron chi connectivity index (χ0n) is 11.6. The molecule has 104 valence electrons. The van der Waals surface area contributed by atoms with E-state index in [1.165, 1.54) is 0 Å². The van der Waals surface area contributed by atoms with Gasteiger partial charge < -0.3 is 10.1 Å². The van der Waals surface area contributed by atoms with Crippen LogP contribution in [0.5, 0.6) is 5.75 Å². The van der Waals surface area contributed by atoms with E-state index in [1.807, 2.05) is 61.5 Å². The second kappa shape index (κ2) is 7.34. The van der Waals surface area contributed by atoms with Crippen molar-refractivity contribution in [2.75, 3.05) is 11.9 Å². The van der Waals surface area contributed by atoms with Crippen molar-refractivity contribution in [2.24, 2.45) is 0 Å². The van der Waals surface area contributed by atoms with Gasteiger partial charge in [0.1, 0.15) is 5.75 Å². The molecule has 0 spiro atoms. The van der Waals surface area contributed by atoms with Crippen molar-refractivity contribution in [2.45, 2.75) is 19.8 Å². The molecule has 3 heteroatoms. The fraction of sp³-hybridized carbons (Fsp3) is 0.235. The molecule has 2 rings (SSSR count). The molecule has 0 aliphatic carbocycles. The van der Waals surface area contributed by atoms with Crippen molar-refractivity contribution in [1.82, 2.24) is 0 Å². The largest absolute Gasteiger partial charge is 0.494 e. The molecule has 0 saturated heterocycles. The third kappa shape index (κ3) is 4.43. The molecule has 0 radical (unpaired) electrons. The Bertz CT molecular complexity index is 552. The Morgan fingerprint density at radius 3 is 2.50 bits per heavy atom. The maximum atomic E-state index is 11.8. The maximum Gasteiger partial charge on any atom is 0.224 e. The summed E-state index contributed by atoms with van der Waals surface area (Å²) in [6, 6.07) is 17.4. The highest BCUT2D eigenvalue weighted by Crippen LogP contribution is 2.14. The second-order valence-corrected chi connectivity index (χ2v) is 4.63. The predicted octanol–water partition coefficient (Wildman–Crippen LogP) is 3.79. The minimum atomic E-state index is 0.0240. The van der Waals surface area contributed by atoms with Gasteiger partial charge in [-0.3, -0.25) is 4.79 Å². The van der Waals surface area contributed by atoms with Crippen LogP contribution in [0.2, 0.25) is 0 Å². The van der Waals surface area contributed by atoms with Crippen molar-refractivity contribution in [3.8, 4) is 5.75 Å². The Morgan fingerprint density at radius 1 is 1.05 bits per heavy atom. The molecule has 0 bridgehead atoms. The molecule has 20 heavy (non-hydrogen) atoms. The van der Waals surface area contributed by atoms with E-state index in [9.17, 15) is 4.79 Å². The van der Waals surface area contributed by atoms with Crippen LogP contribution in [0.4, 0.5) is 5.69 Å². The second-order valence-electron chi connectivity index (χ2n) is 4.63. The minimum absolute atomic E-state index is 0.0240. The number of benzene rings is 2. The molecule has 0 heterocycles. The summed E-state index contributed by atoms with van der Waals surface area (Å²) in [6.07, 6.45) is 1.16. The Labute approximate surface area is 119 Å². The van der Waals surface area contributed by atoms with Gasteiger partial charge in [-0.15, -0.1) is 0 Å². The maximum absolute atomic E-state index is 11.8. The molecule has 2 aromatic carbocycles. The Balaban J connectivity index is 1.69. The van der Waals surface area contributed by atoms with E-state index >= 15 is 0 Å². The van der Waals surface area contributed by atoms with Gasteiger partial charge in [0.2, 0.25) is 5.91 Å². The SMILES string of the molecule is Cc1ccccc1NC(=O)CCCOc1ccccc1. The van der Waals surface area contributed by atoms with Crippen LogP contribution < -0.4 is 10.1 Å². The van der Waals surface area contributed by atoms with Crippen molar-refractivity contribution in [3.05, 3.63) is 60.2 Å². The van der Waals surface area contributed by atoms with Gasteiger partial charge in [0.15, 0.2) is 0 Å². The number of amides is 1. The van der Waals surface area contributed by atoms with Crippen LogP contribution in [0.15, 0.2) is 54.6 Å². The molecule has 0 saturated carbocycles. The van der Waals surface area contributed by atoms with Crippen LogP contribution in [0.1, 0.15) is 18.4 Å². The lowest BCUT2D eigenvalue weighted by atomic mass is 10.2. The van der Waals surface area contributed by atoms with Gasteiger partial charge in [-0.05, 0) is 37.1 Å². The topological polar surface area (TPSA) is 38.3 Å². The number of carbonyl (C=O) groups is 1. The molecule has 2 aromatic rings. The van der Waals surface area contributed by atoms with Gasteiger partial charge in [-0.25, -0.2) is 0 Å². The summed E-state index contributed by atoms with van der Waals surface area (Å²) in [5.41, 5.74) is 1.95. The Morgan fingerprint density at radius 2 is 1.75 bits per heavy atom. The molecule has 0 aliphatic rings.